The van der Waals surface area contributed by atoms with Crippen molar-refractivity contribution in [1.29, 1.82) is 0 Å². The SMILES string of the molecule is C=C(C)CCNC1CCN(C(=O)OCC)CC1. The third kappa shape index (κ3) is 5.22. The molecule has 0 aromatic rings. The minimum Gasteiger partial charge on any atom is -0.450 e. The fraction of sp³-hybridized carbons (Fsp3) is 0.769. The van der Waals surface area contributed by atoms with Crippen LogP contribution in [0.1, 0.15) is 33.1 Å². The third-order valence-corrected chi connectivity index (χ3v) is 3.01. The normalized spacial score (nSPS) is 16.9. The van der Waals surface area contributed by atoms with E-state index in [9.17, 15) is 4.79 Å². The molecular weight excluding hydrogens is 216 g/mol. The Balaban J connectivity index is 2.17. The quantitative estimate of drug-likeness (QED) is 0.749. The molecule has 1 fully saturated rings. The molecule has 98 valence electrons. The second-order valence-corrected chi connectivity index (χ2v) is 4.62. The Morgan fingerprint density at radius 2 is 2.12 bits per heavy atom. The van der Waals surface area contributed by atoms with Gasteiger partial charge in [0.05, 0.1) is 6.61 Å². The summed E-state index contributed by atoms with van der Waals surface area (Å²) in [5.74, 6) is 0. The molecule has 1 amide bonds. The van der Waals surface area contributed by atoms with Crippen LogP contribution in [-0.4, -0.2) is 43.3 Å². The summed E-state index contributed by atoms with van der Waals surface area (Å²) in [6, 6.07) is 0.528. The fourth-order valence-electron chi connectivity index (χ4n) is 1.97. The third-order valence-electron chi connectivity index (χ3n) is 3.01. The van der Waals surface area contributed by atoms with Gasteiger partial charge in [-0.05, 0) is 39.7 Å². The van der Waals surface area contributed by atoms with Crippen molar-refractivity contribution in [1.82, 2.24) is 10.2 Å². The maximum Gasteiger partial charge on any atom is 0.409 e. The van der Waals surface area contributed by atoms with E-state index in [0.717, 1.165) is 38.9 Å². The first-order valence-corrected chi connectivity index (χ1v) is 6.43. The van der Waals surface area contributed by atoms with Gasteiger partial charge in [0, 0.05) is 19.1 Å². The predicted molar refractivity (Wildman–Crippen MR) is 69.1 cm³/mol. The molecule has 0 aromatic heterocycles. The fourth-order valence-corrected chi connectivity index (χ4v) is 1.97. The van der Waals surface area contributed by atoms with Crippen LogP contribution in [0.3, 0.4) is 0 Å². The number of carbonyl (C=O) groups is 1. The van der Waals surface area contributed by atoms with Crippen molar-refractivity contribution in [3.63, 3.8) is 0 Å². The Morgan fingerprint density at radius 1 is 1.47 bits per heavy atom. The summed E-state index contributed by atoms with van der Waals surface area (Å²) in [6.07, 6.45) is 2.87. The summed E-state index contributed by atoms with van der Waals surface area (Å²) in [6.45, 7) is 10.8. The number of rotatable bonds is 5. The van der Waals surface area contributed by atoms with Gasteiger partial charge in [0.25, 0.3) is 0 Å². The molecule has 0 aliphatic carbocycles. The van der Waals surface area contributed by atoms with E-state index in [4.69, 9.17) is 4.74 Å². The van der Waals surface area contributed by atoms with E-state index in [-0.39, 0.29) is 6.09 Å². The number of hydrogen-bond donors (Lipinski definition) is 1. The summed E-state index contributed by atoms with van der Waals surface area (Å²) in [5, 5.41) is 3.50. The van der Waals surface area contributed by atoms with Crippen LogP contribution >= 0.6 is 0 Å². The Bertz CT molecular complexity index is 258. The van der Waals surface area contributed by atoms with Crippen molar-refractivity contribution >= 4 is 6.09 Å². The highest BCUT2D eigenvalue weighted by Gasteiger charge is 2.22. The van der Waals surface area contributed by atoms with Gasteiger partial charge in [0.1, 0.15) is 0 Å². The minimum absolute atomic E-state index is 0.173. The molecule has 0 spiro atoms. The molecule has 0 radical (unpaired) electrons. The number of nitrogens with one attached hydrogen (secondary N) is 1. The molecule has 1 saturated heterocycles. The number of carbonyl (C=O) groups excluding carboxylic acids is 1. The second kappa shape index (κ2) is 7.33. The largest absolute Gasteiger partial charge is 0.450 e. The van der Waals surface area contributed by atoms with Gasteiger partial charge in [0.2, 0.25) is 0 Å². The lowest BCUT2D eigenvalue weighted by Crippen LogP contribution is -2.45. The highest BCUT2D eigenvalue weighted by Crippen LogP contribution is 2.11. The molecule has 4 heteroatoms. The zero-order chi connectivity index (χ0) is 12.7. The molecule has 0 aromatic carbocycles. The van der Waals surface area contributed by atoms with Crippen LogP contribution in [-0.2, 0) is 4.74 Å². The lowest BCUT2D eigenvalue weighted by atomic mass is 10.1. The molecular formula is C13H24N2O2. The van der Waals surface area contributed by atoms with Gasteiger partial charge in [-0.25, -0.2) is 4.79 Å². The molecule has 17 heavy (non-hydrogen) atoms. The van der Waals surface area contributed by atoms with Crippen LogP contribution in [0.15, 0.2) is 12.2 Å². The number of ether oxygens (including phenoxy) is 1. The first kappa shape index (κ1) is 14.0. The van der Waals surface area contributed by atoms with Crippen LogP contribution in [0.5, 0.6) is 0 Å². The summed E-state index contributed by atoms with van der Waals surface area (Å²) >= 11 is 0. The number of amides is 1. The average Bonchev–Trinajstić information content (AvgIpc) is 2.30. The van der Waals surface area contributed by atoms with Crippen LogP contribution in [0.4, 0.5) is 4.79 Å². The molecule has 0 unspecified atom stereocenters. The first-order valence-electron chi connectivity index (χ1n) is 6.43. The smallest absolute Gasteiger partial charge is 0.409 e. The van der Waals surface area contributed by atoms with Gasteiger partial charge in [-0.15, -0.1) is 6.58 Å². The van der Waals surface area contributed by atoms with E-state index >= 15 is 0 Å². The van der Waals surface area contributed by atoms with E-state index in [0.29, 0.717) is 12.6 Å². The van der Waals surface area contributed by atoms with E-state index in [1.165, 1.54) is 5.57 Å². The van der Waals surface area contributed by atoms with Crippen LogP contribution in [0.2, 0.25) is 0 Å². The van der Waals surface area contributed by atoms with Gasteiger partial charge in [-0.2, -0.15) is 0 Å². The predicted octanol–water partition coefficient (Wildman–Crippen LogP) is 2.16. The minimum atomic E-state index is -0.173. The van der Waals surface area contributed by atoms with E-state index in [1.807, 2.05) is 13.8 Å². The average molecular weight is 240 g/mol. The lowest BCUT2D eigenvalue weighted by molar-refractivity contribution is 0.0952. The number of hydrogen-bond acceptors (Lipinski definition) is 3. The summed E-state index contributed by atoms with van der Waals surface area (Å²) in [4.78, 5) is 13.3. The number of likely N-dealkylation sites (tertiary alicyclic amines) is 1. The Kier molecular flexibility index (Phi) is 6.05. The van der Waals surface area contributed by atoms with Crippen LogP contribution in [0, 0.1) is 0 Å². The van der Waals surface area contributed by atoms with E-state index < -0.39 is 0 Å². The van der Waals surface area contributed by atoms with Gasteiger partial charge in [0.15, 0.2) is 0 Å². The number of nitrogens with zero attached hydrogens (tertiary/aromatic N) is 1. The lowest BCUT2D eigenvalue weighted by Gasteiger charge is -2.31. The molecule has 1 aliphatic rings. The van der Waals surface area contributed by atoms with Gasteiger partial charge in [-0.1, -0.05) is 5.57 Å². The second-order valence-electron chi connectivity index (χ2n) is 4.62. The molecule has 1 aliphatic heterocycles. The van der Waals surface area contributed by atoms with Crippen molar-refractivity contribution in [2.24, 2.45) is 0 Å². The van der Waals surface area contributed by atoms with E-state index in [2.05, 4.69) is 11.9 Å². The summed E-state index contributed by atoms with van der Waals surface area (Å²) in [5.41, 5.74) is 1.21. The molecule has 0 bridgehead atoms. The topological polar surface area (TPSA) is 41.6 Å². The highest BCUT2D eigenvalue weighted by molar-refractivity contribution is 5.67. The summed E-state index contributed by atoms with van der Waals surface area (Å²) < 4.78 is 4.98. The van der Waals surface area contributed by atoms with Gasteiger partial charge >= 0.3 is 6.09 Å². The maximum absolute atomic E-state index is 11.5. The molecule has 0 atom stereocenters. The standard InChI is InChI=1S/C13H24N2O2/c1-4-17-13(16)15-9-6-12(7-10-15)14-8-5-11(2)3/h12,14H,2,4-10H2,1,3H3. The molecule has 1 N–H and O–H groups in total. The molecule has 0 saturated carbocycles. The van der Waals surface area contributed by atoms with Crippen molar-refractivity contribution in [3.8, 4) is 0 Å². The van der Waals surface area contributed by atoms with Gasteiger partial charge < -0.3 is 15.0 Å². The molecule has 1 rings (SSSR count). The molecule has 1 heterocycles. The van der Waals surface area contributed by atoms with Crippen molar-refractivity contribution in [3.05, 3.63) is 12.2 Å². The zero-order valence-corrected chi connectivity index (χ0v) is 11.0. The van der Waals surface area contributed by atoms with Gasteiger partial charge in [-0.3, -0.25) is 0 Å². The summed E-state index contributed by atoms with van der Waals surface area (Å²) in [7, 11) is 0. The van der Waals surface area contributed by atoms with Crippen LogP contribution in [0.25, 0.3) is 0 Å². The zero-order valence-electron chi connectivity index (χ0n) is 11.0. The molecule has 4 nitrogen and oxygen atoms in total. The van der Waals surface area contributed by atoms with E-state index in [1.54, 1.807) is 4.90 Å². The Hall–Kier alpha value is -1.03. The Labute approximate surface area is 104 Å². The monoisotopic (exact) mass is 240 g/mol. The number of piperidine rings is 1. The van der Waals surface area contributed by atoms with Crippen LogP contribution < -0.4 is 5.32 Å². The van der Waals surface area contributed by atoms with Crippen molar-refractivity contribution < 1.29 is 9.53 Å². The van der Waals surface area contributed by atoms with Crippen molar-refractivity contribution in [2.75, 3.05) is 26.2 Å². The van der Waals surface area contributed by atoms with Crippen molar-refractivity contribution in [2.45, 2.75) is 39.2 Å². The highest BCUT2D eigenvalue weighted by atomic mass is 16.6. The first-order chi connectivity index (χ1) is 8.13. The maximum atomic E-state index is 11.5. The Morgan fingerprint density at radius 3 is 2.65 bits per heavy atom.